The highest BCUT2D eigenvalue weighted by Gasteiger charge is 2.20. The van der Waals surface area contributed by atoms with Crippen molar-refractivity contribution in [1.82, 2.24) is 9.80 Å². The summed E-state index contributed by atoms with van der Waals surface area (Å²) >= 11 is 0. The molecule has 2 aliphatic heterocycles. The summed E-state index contributed by atoms with van der Waals surface area (Å²) in [4.78, 5) is 17.1. The molecule has 148 valence electrons. The first-order valence-electron chi connectivity index (χ1n) is 10.1. The quantitative estimate of drug-likeness (QED) is 0.868. The summed E-state index contributed by atoms with van der Waals surface area (Å²) in [6, 6.07) is 12.7. The molecule has 2 aromatic carbocycles. The molecule has 2 aliphatic rings. The Bertz CT molecular complexity index is 837. The average molecular weight is 380 g/mol. The van der Waals surface area contributed by atoms with Crippen LogP contribution in [0.3, 0.4) is 0 Å². The number of benzene rings is 2. The lowest BCUT2D eigenvalue weighted by Gasteiger charge is -2.34. The van der Waals surface area contributed by atoms with Gasteiger partial charge in [-0.15, -0.1) is 0 Å². The van der Waals surface area contributed by atoms with Gasteiger partial charge >= 0.3 is 0 Å². The number of carbonyl (C=O) groups is 1. The second-order valence-corrected chi connectivity index (χ2v) is 8.02. The lowest BCUT2D eigenvalue weighted by Crippen LogP contribution is -2.48. The summed E-state index contributed by atoms with van der Waals surface area (Å²) < 4.78 is 5.59. The van der Waals surface area contributed by atoms with E-state index in [1.54, 1.807) is 0 Å². The molecule has 0 spiro atoms. The minimum absolute atomic E-state index is 0.0667. The van der Waals surface area contributed by atoms with Crippen molar-refractivity contribution >= 4 is 11.6 Å². The highest BCUT2D eigenvalue weighted by atomic mass is 16.5. The van der Waals surface area contributed by atoms with E-state index in [4.69, 9.17) is 4.74 Å². The number of rotatable bonds is 5. The fourth-order valence-electron chi connectivity index (χ4n) is 4.15. The molecule has 1 amide bonds. The molecule has 2 aromatic rings. The summed E-state index contributed by atoms with van der Waals surface area (Å²) in [7, 11) is 0. The Morgan fingerprint density at radius 3 is 2.46 bits per heavy atom. The number of anilines is 1. The van der Waals surface area contributed by atoms with Gasteiger partial charge < -0.3 is 10.1 Å². The van der Waals surface area contributed by atoms with Crippen LogP contribution >= 0.6 is 0 Å². The van der Waals surface area contributed by atoms with Gasteiger partial charge in [-0.3, -0.25) is 14.6 Å². The number of piperazine rings is 1. The van der Waals surface area contributed by atoms with Crippen molar-refractivity contribution in [3.8, 4) is 5.75 Å². The molecule has 0 aromatic heterocycles. The molecule has 0 aliphatic carbocycles. The highest BCUT2D eigenvalue weighted by molar-refractivity contribution is 5.92. The minimum Gasteiger partial charge on any atom is -0.493 e. The summed E-state index contributed by atoms with van der Waals surface area (Å²) in [5.41, 5.74) is 5.91. The van der Waals surface area contributed by atoms with Gasteiger partial charge in [-0.2, -0.15) is 0 Å². The number of carbonyl (C=O) groups excluding carboxylic acids is 1. The fraction of sp³-hybridized carbons (Fsp3) is 0.435. The van der Waals surface area contributed by atoms with Crippen molar-refractivity contribution in [3.05, 3.63) is 58.7 Å². The molecule has 5 nitrogen and oxygen atoms in total. The third-order valence-corrected chi connectivity index (χ3v) is 5.50. The molecular formula is C23H29N3O2. The topological polar surface area (TPSA) is 44.8 Å². The second-order valence-electron chi connectivity index (χ2n) is 8.02. The number of fused-ring (bicyclic) bond motifs is 1. The highest BCUT2D eigenvalue weighted by Crippen LogP contribution is 2.26. The first-order chi connectivity index (χ1) is 13.5. The maximum atomic E-state index is 12.4. The van der Waals surface area contributed by atoms with Crippen molar-refractivity contribution in [2.45, 2.75) is 26.8 Å². The Balaban J connectivity index is 1.24. The third-order valence-electron chi connectivity index (χ3n) is 5.50. The molecule has 4 rings (SSSR count). The number of nitrogens with zero attached hydrogens (tertiary/aromatic N) is 2. The van der Waals surface area contributed by atoms with Crippen LogP contribution in [0.4, 0.5) is 5.69 Å². The van der Waals surface area contributed by atoms with Crippen molar-refractivity contribution < 1.29 is 9.53 Å². The molecule has 28 heavy (non-hydrogen) atoms. The van der Waals surface area contributed by atoms with Crippen LogP contribution in [-0.4, -0.2) is 55.0 Å². The van der Waals surface area contributed by atoms with Gasteiger partial charge in [-0.05, 0) is 54.3 Å². The molecule has 0 saturated carbocycles. The van der Waals surface area contributed by atoms with Gasteiger partial charge in [0.15, 0.2) is 0 Å². The van der Waals surface area contributed by atoms with Crippen molar-refractivity contribution in [2.24, 2.45) is 0 Å². The van der Waals surface area contributed by atoms with Gasteiger partial charge in [-0.25, -0.2) is 0 Å². The first kappa shape index (κ1) is 19.0. The van der Waals surface area contributed by atoms with Gasteiger partial charge in [-0.1, -0.05) is 18.2 Å². The Morgan fingerprint density at radius 2 is 1.71 bits per heavy atom. The minimum atomic E-state index is 0.0667. The number of ether oxygens (including phenoxy) is 1. The summed E-state index contributed by atoms with van der Waals surface area (Å²) in [5, 5.41) is 3.04. The Labute approximate surface area is 167 Å². The summed E-state index contributed by atoms with van der Waals surface area (Å²) in [6.45, 7) is 10.2. The van der Waals surface area contributed by atoms with Crippen LogP contribution in [0.1, 0.15) is 22.3 Å². The van der Waals surface area contributed by atoms with Crippen LogP contribution in [-0.2, 0) is 17.8 Å². The van der Waals surface area contributed by atoms with Crippen LogP contribution in [0.5, 0.6) is 5.75 Å². The van der Waals surface area contributed by atoms with Gasteiger partial charge in [0, 0.05) is 44.8 Å². The monoisotopic (exact) mass is 379 g/mol. The lowest BCUT2D eigenvalue weighted by molar-refractivity contribution is -0.117. The van der Waals surface area contributed by atoms with Crippen LogP contribution in [0, 0.1) is 13.8 Å². The zero-order chi connectivity index (χ0) is 19.5. The Kier molecular flexibility index (Phi) is 5.64. The number of hydrogen-bond acceptors (Lipinski definition) is 4. The fourth-order valence-corrected chi connectivity index (χ4v) is 4.15. The van der Waals surface area contributed by atoms with Crippen LogP contribution in [0.15, 0.2) is 36.4 Å². The van der Waals surface area contributed by atoms with Gasteiger partial charge in [0.25, 0.3) is 0 Å². The van der Waals surface area contributed by atoms with Gasteiger partial charge in [0.2, 0.25) is 5.91 Å². The largest absolute Gasteiger partial charge is 0.493 e. The average Bonchev–Trinajstić information content (AvgIpc) is 3.10. The molecule has 0 bridgehead atoms. The summed E-state index contributed by atoms with van der Waals surface area (Å²) in [5.74, 6) is 1.11. The molecule has 2 heterocycles. The Hall–Kier alpha value is -2.37. The van der Waals surface area contributed by atoms with Crippen molar-refractivity contribution in [1.29, 1.82) is 0 Å². The molecular weight excluding hydrogens is 350 g/mol. The van der Waals surface area contributed by atoms with Crippen molar-refractivity contribution in [3.63, 3.8) is 0 Å². The smallest absolute Gasteiger partial charge is 0.238 e. The second kappa shape index (κ2) is 8.33. The Morgan fingerprint density at radius 1 is 1.00 bits per heavy atom. The van der Waals surface area contributed by atoms with E-state index in [9.17, 15) is 4.79 Å². The number of hydrogen-bond donors (Lipinski definition) is 1. The van der Waals surface area contributed by atoms with E-state index < -0.39 is 0 Å². The third kappa shape index (κ3) is 4.72. The first-order valence-corrected chi connectivity index (χ1v) is 10.1. The molecule has 0 unspecified atom stereocenters. The molecule has 1 saturated heterocycles. The maximum absolute atomic E-state index is 12.4. The zero-order valence-corrected chi connectivity index (χ0v) is 16.8. The van der Waals surface area contributed by atoms with Gasteiger partial charge in [0.05, 0.1) is 13.2 Å². The van der Waals surface area contributed by atoms with Crippen LogP contribution in [0.2, 0.25) is 0 Å². The van der Waals surface area contributed by atoms with Crippen LogP contribution in [0.25, 0.3) is 0 Å². The van der Waals surface area contributed by atoms with Gasteiger partial charge in [0.1, 0.15) is 5.75 Å². The predicted octanol–water partition coefficient (Wildman–Crippen LogP) is 2.99. The normalized spacial score (nSPS) is 17.2. The number of amides is 1. The number of nitrogens with one attached hydrogen (secondary N) is 1. The molecule has 0 atom stereocenters. The standard InChI is InChI=1S/C23H29N3O2/c1-17-11-18(2)13-21(12-17)24-23(27)16-26-8-6-25(7-9-26)15-19-3-4-22-20(14-19)5-10-28-22/h3-4,11-14H,5-10,15-16H2,1-2H3,(H,24,27). The molecule has 5 heteroatoms. The SMILES string of the molecule is Cc1cc(C)cc(NC(=O)CN2CCN(Cc3ccc4c(c3)CCO4)CC2)c1. The number of aryl methyl sites for hydroxylation is 2. The van der Waals surface area contributed by atoms with E-state index in [1.807, 2.05) is 12.1 Å². The molecule has 1 fully saturated rings. The van der Waals surface area contributed by atoms with Crippen LogP contribution < -0.4 is 10.1 Å². The molecule has 1 N–H and O–H groups in total. The predicted molar refractivity (Wildman–Crippen MR) is 112 cm³/mol. The van der Waals surface area contributed by atoms with E-state index in [2.05, 4.69) is 53.2 Å². The van der Waals surface area contributed by atoms with E-state index in [-0.39, 0.29) is 5.91 Å². The van der Waals surface area contributed by atoms with Crippen molar-refractivity contribution in [2.75, 3.05) is 44.6 Å². The van der Waals surface area contributed by atoms with E-state index >= 15 is 0 Å². The lowest BCUT2D eigenvalue weighted by atomic mass is 10.1. The van der Waals surface area contributed by atoms with E-state index in [1.165, 1.54) is 22.3 Å². The maximum Gasteiger partial charge on any atom is 0.238 e. The summed E-state index contributed by atoms with van der Waals surface area (Å²) in [6.07, 6.45) is 1.02. The zero-order valence-electron chi connectivity index (χ0n) is 16.8. The molecule has 0 radical (unpaired) electrons. The van der Waals surface area contributed by atoms with E-state index in [0.717, 1.165) is 57.2 Å². The van der Waals surface area contributed by atoms with E-state index in [0.29, 0.717) is 6.54 Å².